The summed E-state index contributed by atoms with van der Waals surface area (Å²) in [6.45, 7) is 4.52. The fourth-order valence-corrected chi connectivity index (χ4v) is 3.14. The Labute approximate surface area is 164 Å². The van der Waals surface area contributed by atoms with Crippen LogP contribution in [0.4, 0.5) is 0 Å². The number of nitrogens with zero attached hydrogens (tertiary/aromatic N) is 1. The highest BCUT2D eigenvalue weighted by Gasteiger charge is 2.11. The van der Waals surface area contributed by atoms with E-state index in [2.05, 4.69) is 10.2 Å². The Kier molecular flexibility index (Phi) is 13.9. The van der Waals surface area contributed by atoms with Crippen molar-refractivity contribution in [3.8, 4) is 0 Å². The minimum atomic E-state index is -0.213. The molecule has 1 heterocycles. The number of carbonyl (C=O) groups excluding carboxylic acids is 1. The van der Waals surface area contributed by atoms with Crippen molar-refractivity contribution >= 4 is 30.7 Å². The zero-order chi connectivity index (χ0) is 16.3. The van der Waals surface area contributed by atoms with Gasteiger partial charge in [0.15, 0.2) is 0 Å². The maximum absolute atomic E-state index is 11.9. The lowest BCUT2D eigenvalue weighted by atomic mass is 10.0. The van der Waals surface area contributed by atoms with Crippen LogP contribution in [-0.4, -0.2) is 37.0 Å². The molecule has 1 atom stereocenters. The largest absolute Gasteiger partial charge is 0.356 e. The number of unbranched alkanes of at least 4 members (excludes halogenated alkanes) is 2. The van der Waals surface area contributed by atoms with Crippen LogP contribution in [0.1, 0.15) is 56.6 Å². The number of piperidine rings is 1. The van der Waals surface area contributed by atoms with Gasteiger partial charge < -0.3 is 16.0 Å². The number of nitrogens with two attached hydrogens (primary N) is 1. The van der Waals surface area contributed by atoms with Crippen molar-refractivity contribution in [1.29, 1.82) is 0 Å². The zero-order valence-corrected chi connectivity index (χ0v) is 16.6. The van der Waals surface area contributed by atoms with Crippen LogP contribution < -0.4 is 11.1 Å². The summed E-state index contributed by atoms with van der Waals surface area (Å²) in [4.78, 5) is 14.5. The Morgan fingerprint density at radius 1 is 1.04 bits per heavy atom. The Morgan fingerprint density at radius 3 is 2.40 bits per heavy atom. The van der Waals surface area contributed by atoms with E-state index in [0.717, 1.165) is 18.5 Å². The van der Waals surface area contributed by atoms with Gasteiger partial charge in [0, 0.05) is 19.0 Å². The molecule has 1 aliphatic rings. The first-order valence-corrected chi connectivity index (χ1v) is 9.05. The molecule has 0 aromatic heterocycles. The van der Waals surface area contributed by atoms with Gasteiger partial charge in [-0.3, -0.25) is 4.79 Å². The van der Waals surface area contributed by atoms with Gasteiger partial charge >= 0.3 is 0 Å². The lowest BCUT2D eigenvalue weighted by molar-refractivity contribution is -0.121. The van der Waals surface area contributed by atoms with E-state index < -0.39 is 0 Å². The predicted octanol–water partition coefficient (Wildman–Crippen LogP) is 3.69. The quantitative estimate of drug-likeness (QED) is 0.633. The molecule has 1 saturated heterocycles. The summed E-state index contributed by atoms with van der Waals surface area (Å²) < 4.78 is 0. The number of halogens is 2. The number of likely N-dealkylation sites (tertiary alicyclic amines) is 1. The predicted molar refractivity (Wildman–Crippen MR) is 110 cm³/mol. The van der Waals surface area contributed by atoms with Gasteiger partial charge in [-0.25, -0.2) is 0 Å². The highest BCUT2D eigenvalue weighted by atomic mass is 35.5. The first-order chi connectivity index (χ1) is 11.3. The second kappa shape index (κ2) is 14.4. The van der Waals surface area contributed by atoms with E-state index in [-0.39, 0.29) is 36.8 Å². The zero-order valence-electron chi connectivity index (χ0n) is 15.0. The summed E-state index contributed by atoms with van der Waals surface area (Å²) in [6.07, 6.45) is 7.95. The van der Waals surface area contributed by atoms with E-state index in [9.17, 15) is 4.79 Å². The molecule has 25 heavy (non-hydrogen) atoms. The Balaban J connectivity index is 0.00000288. The van der Waals surface area contributed by atoms with Crippen LogP contribution in [0.5, 0.6) is 0 Å². The first-order valence-electron chi connectivity index (χ1n) is 9.05. The smallest absolute Gasteiger partial charge is 0.221 e. The molecule has 1 unspecified atom stereocenters. The third-order valence-corrected chi connectivity index (χ3v) is 4.56. The van der Waals surface area contributed by atoms with Crippen LogP contribution in [0.3, 0.4) is 0 Å². The standard InChI is InChI=1S/C19H31N3O.2ClH/c20-18(17-10-4-1-5-11-17)16-19(23)21-12-6-2-7-13-22-14-8-3-9-15-22;;/h1,4-5,10-11,18H,2-3,6-9,12-16,20H2,(H,21,23);2*1H. The molecule has 1 amide bonds. The number of hydrogen-bond acceptors (Lipinski definition) is 3. The minimum Gasteiger partial charge on any atom is -0.356 e. The monoisotopic (exact) mass is 389 g/mol. The van der Waals surface area contributed by atoms with Crippen LogP contribution in [0, 0.1) is 0 Å². The number of nitrogens with one attached hydrogen (secondary N) is 1. The first kappa shape index (κ1) is 24.2. The molecular weight excluding hydrogens is 357 g/mol. The van der Waals surface area contributed by atoms with Gasteiger partial charge in [0.25, 0.3) is 0 Å². The molecule has 1 fully saturated rings. The van der Waals surface area contributed by atoms with E-state index in [1.165, 1.54) is 51.7 Å². The highest BCUT2D eigenvalue weighted by molar-refractivity contribution is 5.85. The number of hydrogen-bond donors (Lipinski definition) is 2. The topological polar surface area (TPSA) is 58.4 Å². The molecule has 6 heteroatoms. The van der Waals surface area contributed by atoms with Crippen molar-refractivity contribution in [3.05, 3.63) is 35.9 Å². The van der Waals surface area contributed by atoms with Crippen LogP contribution in [-0.2, 0) is 4.79 Å². The average Bonchev–Trinajstić information content (AvgIpc) is 2.59. The molecule has 0 saturated carbocycles. The van der Waals surface area contributed by atoms with Crippen LogP contribution in [0.15, 0.2) is 30.3 Å². The van der Waals surface area contributed by atoms with Crippen molar-refractivity contribution in [3.63, 3.8) is 0 Å². The normalized spacial score (nSPS) is 15.6. The molecule has 2 rings (SSSR count). The van der Waals surface area contributed by atoms with E-state index in [1.807, 2.05) is 30.3 Å². The third-order valence-electron chi connectivity index (χ3n) is 4.56. The molecular formula is C19H33Cl2N3O. The summed E-state index contributed by atoms with van der Waals surface area (Å²) in [7, 11) is 0. The molecule has 144 valence electrons. The summed E-state index contributed by atoms with van der Waals surface area (Å²) in [5.74, 6) is 0.0531. The number of benzene rings is 1. The van der Waals surface area contributed by atoms with Crippen molar-refractivity contribution in [2.45, 2.75) is 51.0 Å². The summed E-state index contributed by atoms with van der Waals surface area (Å²) in [5, 5.41) is 2.99. The van der Waals surface area contributed by atoms with Gasteiger partial charge in [0.1, 0.15) is 0 Å². The van der Waals surface area contributed by atoms with Gasteiger partial charge in [-0.1, -0.05) is 43.2 Å². The van der Waals surface area contributed by atoms with Crippen molar-refractivity contribution < 1.29 is 4.79 Å². The van der Waals surface area contributed by atoms with E-state index in [4.69, 9.17) is 5.73 Å². The molecule has 0 radical (unpaired) electrons. The summed E-state index contributed by atoms with van der Waals surface area (Å²) in [5.41, 5.74) is 7.08. The van der Waals surface area contributed by atoms with Crippen molar-refractivity contribution in [2.75, 3.05) is 26.2 Å². The van der Waals surface area contributed by atoms with Gasteiger partial charge in [-0.2, -0.15) is 0 Å². The highest BCUT2D eigenvalue weighted by Crippen LogP contribution is 2.13. The van der Waals surface area contributed by atoms with E-state index >= 15 is 0 Å². The van der Waals surface area contributed by atoms with Gasteiger partial charge in [0.2, 0.25) is 5.91 Å². The average molecular weight is 390 g/mol. The van der Waals surface area contributed by atoms with Crippen LogP contribution in [0.25, 0.3) is 0 Å². The summed E-state index contributed by atoms with van der Waals surface area (Å²) in [6, 6.07) is 9.59. The van der Waals surface area contributed by atoms with E-state index in [1.54, 1.807) is 0 Å². The molecule has 0 aliphatic carbocycles. The third kappa shape index (κ3) is 10.0. The second-order valence-corrected chi connectivity index (χ2v) is 6.53. The molecule has 1 aromatic carbocycles. The summed E-state index contributed by atoms with van der Waals surface area (Å²) >= 11 is 0. The van der Waals surface area contributed by atoms with Gasteiger partial charge in [-0.05, 0) is 50.9 Å². The maximum atomic E-state index is 11.9. The molecule has 0 bridgehead atoms. The van der Waals surface area contributed by atoms with Crippen LogP contribution >= 0.6 is 24.8 Å². The minimum absolute atomic E-state index is 0. The van der Waals surface area contributed by atoms with Crippen LogP contribution in [0.2, 0.25) is 0 Å². The van der Waals surface area contributed by atoms with Crippen molar-refractivity contribution in [2.24, 2.45) is 5.73 Å². The molecule has 4 nitrogen and oxygen atoms in total. The fourth-order valence-electron chi connectivity index (χ4n) is 3.14. The lowest BCUT2D eigenvalue weighted by Gasteiger charge is -2.26. The lowest BCUT2D eigenvalue weighted by Crippen LogP contribution is -2.31. The number of rotatable bonds is 9. The van der Waals surface area contributed by atoms with E-state index in [0.29, 0.717) is 6.42 Å². The molecule has 1 aliphatic heterocycles. The molecule has 0 spiro atoms. The van der Waals surface area contributed by atoms with Gasteiger partial charge in [-0.15, -0.1) is 24.8 Å². The SMILES string of the molecule is Cl.Cl.NC(CC(=O)NCCCCCN1CCCCC1)c1ccccc1. The maximum Gasteiger partial charge on any atom is 0.221 e. The fraction of sp³-hybridized carbons (Fsp3) is 0.632. The van der Waals surface area contributed by atoms with Crippen molar-refractivity contribution in [1.82, 2.24) is 10.2 Å². The number of amides is 1. The number of carbonyl (C=O) groups is 1. The Hall–Kier alpha value is -0.810. The molecule has 1 aromatic rings. The Bertz CT molecular complexity index is 453. The molecule has 3 N–H and O–H groups in total. The Morgan fingerprint density at radius 2 is 1.72 bits per heavy atom. The van der Waals surface area contributed by atoms with Gasteiger partial charge in [0.05, 0.1) is 0 Å². The second-order valence-electron chi connectivity index (χ2n) is 6.53.